The summed E-state index contributed by atoms with van der Waals surface area (Å²) in [6.45, 7) is 7.84. The highest BCUT2D eigenvalue weighted by Crippen LogP contribution is 2.46. The second-order valence-electron chi connectivity index (χ2n) is 8.45. The molecule has 2 aromatic carbocycles. The topological polar surface area (TPSA) is 89.1 Å². The fourth-order valence-corrected chi connectivity index (χ4v) is 3.83. The average molecular weight is 434 g/mol. The Balaban J connectivity index is 2.10. The van der Waals surface area contributed by atoms with E-state index < -0.39 is 6.10 Å². The second kappa shape index (κ2) is 8.11. The highest BCUT2D eigenvalue weighted by molar-refractivity contribution is 5.92. The lowest BCUT2D eigenvalue weighted by molar-refractivity contribution is 0.243. The van der Waals surface area contributed by atoms with Gasteiger partial charge in [0.15, 0.2) is 0 Å². The van der Waals surface area contributed by atoms with E-state index in [-0.39, 0.29) is 33.8 Å². The predicted octanol–water partition coefficient (Wildman–Crippen LogP) is 5.95. The van der Waals surface area contributed by atoms with Gasteiger partial charge in [-0.25, -0.2) is 0 Å². The van der Waals surface area contributed by atoms with Gasteiger partial charge in [-0.05, 0) is 38.0 Å². The van der Waals surface area contributed by atoms with Crippen LogP contribution < -0.4 is 14.9 Å². The van der Waals surface area contributed by atoms with Crippen LogP contribution in [0.5, 0.6) is 23.0 Å². The first kappa shape index (κ1) is 21.6. The molecule has 32 heavy (non-hydrogen) atoms. The minimum Gasteiger partial charge on any atom is -0.508 e. The molecule has 0 saturated carbocycles. The SMILES string of the molecule is COc1cc2oc3c(c(=O)c2c(O)c1C=CC(C)C)C(C=C(C)C)Oc1cc(O)ccc1-3. The van der Waals surface area contributed by atoms with Gasteiger partial charge >= 0.3 is 0 Å². The number of aromatic hydroxyl groups is 2. The molecule has 1 atom stereocenters. The first-order valence-corrected chi connectivity index (χ1v) is 10.4. The van der Waals surface area contributed by atoms with Crippen molar-refractivity contribution in [2.24, 2.45) is 5.92 Å². The highest BCUT2D eigenvalue weighted by Gasteiger charge is 2.32. The molecule has 1 aromatic heterocycles. The molecule has 0 saturated heterocycles. The number of hydrogen-bond donors (Lipinski definition) is 2. The van der Waals surface area contributed by atoms with Crippen LogP contribution in [-0.4, -0.2) is 17.3 Å². The van der Waals surface area contributed by atoms with Crippen LogP contribution in [-0.2, 0) is 0 Å². The normalized spacial score (nSPS) is 14.9. The Kier molecular flexibility index (Phi) is 5.46. The Morgan fingerprint density at radius 1 is 1.19 bits per heavy atom. The quantitative estimate of drug-likeness (QED) is 0.493. The van der Waals surface area contributed by atoms with Gasteiger partial charge in [-0.2, -0.15) is 0 Å². The van der Waals surface area contributed by atoms with Crippen molar-refractivity contribution in [2.75, 3.05) is 7.11 Å². The Bertz CT molecular complexity index is 1320. The number of hydrogen-bond acceptors (Lipinski definition) is 6. The molecule has 1 unspecified atom stereocenters. The van der Waals surface area contributed by atoms with E-state index in [0.29, 0.717) is 33.9 Å². The maximum atomic E-state index is 13.7. The van der Waals surface area contributed by atoms with Gasteiger partial charge in [0, 0.05) is 12.1 Å². The summed E-state index contributed by atoms with van der Waals surface area (Å²) in [6.07, 6.45) is 4.76. The molecule has 2 heterocycles. The van der Waals surface area contributed by atoms with Crippen LogP contribution in [0.3, 0.4) is 0 Å². The second-order valence-corrected chi connectivity index (χ2v) is 8.45. The maximum absolute atomic E-state index is 13.7. The number of allylic oxidation sites excluding steroid dienone is 2. The summed E-state index contributed by atoms with van der Waals surface area (Å²) in [7, 11) is 1.50. The summed E-state index contributed by atoms with van der Waals surface area (Å²) in [6, 6.07) is 6.26. The van der Waals surface area contributed by atoms with Crippen molar-refractivity contribution >= 4 is 17.0 Å². The Morgan fingerprint density at radius 2 is 1.94 bits per heavy atom. The third kappa shape index (κ3) is 3.62. The van der Waals surface area contributed by atoms with E-state index in [2.05, 4.69) is 0 Å². The van der Waals surface area contributed by atoms with E-state index in [4.69, 9.17) is 13.9 Å². The monoisotopic (exact) mass is 434 g/mol. The first-order chi connectivity index (χ1) is 15.2. The number of fused-ring (bicyclic) bond motifs is 4. The molecule has 1 aliphatic rings. The molecule has 0 bridgehead atoms. The lowest BCUT2D eigenvalue weighted by Crippen LogP contribution is -2.22. The summed E-state index contributed by atoms with van der Waals surface area (Å²) in [5.41, 5.74) is 2.06. The molecule has 0 radical (unpaired) electrons. The van der Waals surface area contributed by atoms with E-state index in [1.807, 2.05) is 39.8 Å². The van der Waals surface area contributed by atoms with Crippen molar-refractivity contribution in [3.05, 3.63) is 63.3 Å². The molecule has 2 N–H and O–H groups in total. The molecule has 166 valence electrons. The van der Waals surface area contributed by atoms with Crippen LogP contribution in [0, 0.1) is 5.92 Å². The number of ether oxygens (including phenoxy) is 2. The fraction of sp³-hybridized carbons (Fsp3) is 0.269. The standard InChI is InChI=1S/C26H26O6/c1-13(2)6-8-16-18(30-5)12-21-22(24(16)28)25(29)23-20(10-14(3)4)31-19-11-15(27)7-9-17(19)26(23)32-21/h6-13,20,27-28H,1-5H3. The largest absolute Gasteiger partial charge is 0.508 e. The van der Waals surface area contributed by atoms with Gasteiger partial charge in [-0.15, -0.1) is 0 Å². The zero-order valence-corrected chi connectivity index (χ0v) is 18.7. The zero-order chi connectivity index (χ0) is 23.2. The number of phenolic OH excluding ortho intramolecular Hbond substituents is 2. The molecular weight excluding hydrogens is 408 g/mol. The summed E-state index contributed by atoms with van der Waals surface area (Å²) in [5, 5.41) is 21.1. The molecule has 0 aliphatic carbocycles. The van der Waals surface area contributed by atoms with Crippen molar-refractivity contribution in [3.8, 4) is 34.3 Å². The summed E-state index contributed by atoms with van der Waals surface area (Å²) in [5.74, 6) is 1.26. The van der Waals surface area contributed by atoms with Crippen LogP contribution in [0.4, 0.5) is 0 Å². The molecule has 0 fully saturated rings. The van der Waals surface area contributed by atoms with Crippen LogP contribution >= 0.6 is 0 Å². The van der Waals surface area contributed by atoms with Gasteiger partial charge in [0.05, 0.1) is 23.8 Å². The Hall–Kier alpha value is -3.67. The number of methoxy groups -OCH3 is 1. The smallest absolute Gasteiger partial charge is 0.204 e. The van der Waals surface area contributed by atoms with Crippen molar-refractivity contribution in [1.82, 2.24) is 0 Å². The molecule has 6 nitrogen and oxygen atoms in total. The van der Waals surface area contributed by atoms with E-state index >= 15 is 0 Å². The molecule has 6 heteroatoms. The van der Waals surface area contributed by atoms with E-state index in [9.17, 15) is 15.0 Å². The van der Waals surface area contributed by atoms with Crippen molar-refractivity contribution in [3.63, 3.8) is 0 Å². The molecule has 1 aliphatic heterocycles. The van der Waals surface area contributed by atoms with Gasteiger partial charge in [-0.3, -0.25) is 4.79 Å². The maximum Gasteiger partial charge on any atom is 0.204 e. The molecule has 0 spiro atoms. The third-order valence-corrected chi connectivity index (χ3v) is 5.29. The third-order valence-electron chi connectivity index (χ3n) is 5.29. The van der Waals surface area contributed by atoms with E-state index in [0.717, 1.165) is 5.57 Å². The average Bonchev–Trinajstić information content (AvgIpc) is 2.71. The number of phenols is 2. The van der Waals surface area contributed by atoms with Gasteiger partial charge in [-0.1, -0.05) is 31.6 Å². The van der Waals surface area contributed by atoms with Crippen molar-refractivity contribution in [2.45, 2.75) is 33.8 Å². The summed E-state index contributed by atoms with van der Waals surface area (Å²) >= 11 is 0. The van der Waals surface area contributed by atoms with Crippen LogP contribution in [0.25, 0.3) is 28.4 Å². The predicted molar refractivity (Wildman–Crippen MR) is 124 cm³/mol. The number of benzene rings is 2. The Labute approximate surface area is 186 Å². The lowest BCUT2D eigenvalue weighted by Gasteiger charge is -2.26. The van der Waals surface area contributed by atoms with Gasteiger partial charge < -0.3 is 24.1 Å². The molecule has 4 rings (SSSR count). The van der Waals surface area contributed by atoms with E-state index in [1.165, 1.54) is 19.2 Å². The van der Waals surface area contributed by atoms with E-state index in [1.54, 1.807) is 18.2 Å². The number of rotatable bonds is 4. The summed E-state index contributed by atoms with van der Waals surface area (Å²) in [4.78, 5) is 13.7. The zero-order valence-electron chi connectivity index (χ0n) is 18.7. The van der Waals surface area contributed by atoms with Crippen LogP contribution in [0.2, 0.25) is 0 Å². The molecular formula is C26H26O6. The van der Waals surface area contributed by atoms with Gasteiger partial charge in [0.1, 0.15) is 45.8 Å². The minimum absolute atomic E-state index is 0.0483. The first-order valence-electron chi connectivity index (χ1n) is 10.4. The summed E-state index contributed by atoms with van der Waals surface area (Å²) < 4.78 is 17.7. The van der Waals surface area contributed by atoms with Crippen LogP contribution in [0.1, 0.15) is 44.9 Å². The van der Waals surface area contributed by atoms with Crippen LogP contribution in [0.15, 0.2) is 51.2 Å². The van der Waals surface area contributed by atoms with Gasteiger partial charge in [0.25, 0.3) is 0 Å². The minimum atomic E-state index is -0.721. The Morgan fingerprint density at radius 3 is 2.59 bits per heavy atom. The molecule has 3 aromatic rings. The lowest BCUT2D eigenvalue weighted by atomic mass is 9.94. The van der Waals surface area contributed by atoms with Crippen molar-refractivity contribution < 1.29 is 24.1 Å². The van der Waals surface area contributed by atoms with Gasteiger partial charge in [0.2, 0.25) is 5.43 Å². The molecule has 0 amide bonds. The fourth-order valence-electron chi connectivity index (χ4n) is 3.83. The van der Waals surface area contributed by atoms with Crippen molar-refractivity contribution in [1.29, 1.82) is 0 Å². The highest BCUT2D eigenvalue weighted by atomic mass is 16.5.